The van der Waals surface area contributed by atoms with Crippen LogP contribution in [-0.4, -0.2) is 22.9 Å². The van der Waals surface area contributed by atoms with Crippen LogP contribution in [0, 0.1) is 5.41 Å². The highest BCUT2D eigenvalue weighted by Crippen LogP contribution is 2.45. The highest BCUT2D eigenvalue weighted by atomic mass is 15.2. The van der Waals surface area contributed by atoms with Gasteiger partial charge in [0.2, 0.25) is 6.21 Å². The number of hydrogen-bond donors (Lipinski definition) is 1. The number of rotatable bonds is 0. The highest BCUT2D eigenvalue weighted by Gasteiger charge is 2.53. The van der Waals surface area contributed by atoms with Gasteiger partial charge >= 0.3 is 0 Å². The molecular weight excluding hydrogens is 208 g/mol. The molecule has 0 saturated heterocycles. The second-order valence-corrected chi connectivity index (χ2v) is 5.80. The number of nitrogens with one attached hydrogen (secondary N) is 1. The number of fused-ring (bicyclic) bond motifs is 4. The van der Waals surface area contributed by atoms with Crippen LogP contribution in [0.15, 0.2) is 46.8 Å². The summed E-state index contributed by atoms with van der Waals surface area (Å²) in [4.78, 5) is 0. The van der Waals surface area contributed by atoms with E-state index in [1.165, 1.54) is 17.0 Å². The van der Waals surface area contributed by atoms with E-state index in [9.17, 15) is 0 Å². The van der Waals surface area contributed by atoms with Crippen molar-refractivity contribution in [2.75, 3.05) is 0 Å². The Hall–Kier alpha value is -1.57. The monoisotopic (exact) mass is 225 g/mol. The van der Waals surface area contributed by atoms with E-state index in [1.807, 2.05) is 0 Å². The minimum atomic E-state index is 0.157. The van der Waals surface area contributed by atoms with Gasteiger partial charge in [0.1, 0.15) is 0 Å². The van der Waals surface area contributed by atoms with Gasteiger partial charge in [-0.15, -0.1) is 0 Å². The largest absolute Gasteiger partial charge is 0.381 e. The standard InChI is InChI=1S/C15H17N2/c1-9-7-15(3)5-4-11-6-10(2)17-8-12(17)13(11)14(15)16-9/h4-8,12,14,16H,1-3H3/q+1. The fourth-order valence-corrected chi connectivity index (χ4v) is 3.52. The fourth-order valence-electron chi connectivity index (χ4n) is 3.52. The van der Waals surface area contributed by atoms with Crippen molar-refractivity contribution in [2.45, 2.75) is 32.9 Å². The van der Waals surface area contributed by atoms with Crippen molar-refractivity contribution < 1.29 is 4.58 Å². The van der Waals surface area contributed by atoms with E-state index < -0.39 is 0 Å². The Kier molecular flexibility index (Phi) is 1.47. The van der Waals surface area contributed by atoms with Gasteiger partial charge < -0.3 is 5.32 Å². The van der Waals surface area contributed by atoms with Gasteiger partial charge in [-0.3, -0.25) is 0 Å². The minimum Gasteiger partial charge on any atom is -0.381 e. The lowest BCUT2D eigenvalue weighted by atomic mass is 9.73. The van der Waals surface area contributed by atoms with Gasteiger partial charge in [0, 0.05) is 29.7 Å². The summed E-state index contributed by atoms with van der Waals surface area (Å²) in [6.45, 7) is 6.67. The molecule has 17 heavy (non-hydrogen) atoms. The maximum atomic E-state index is 3.64. The molecule has 3 atom stereocenters. The van der Waals surface area contributed by atoms with Gasteiger partial charge in [0.05, 0.1) is 6.04 Å². The van der Waals surface area contributed by atoms with E-state index in [1.54, 1.807) is 5.57 Å². The molecule has 1 N–H and O–H groups in total. The van der Waals surface area contributed by atoms with Crippen LogP contribution in [0.5, 0.6) is 0 Å². The molecule has 2 heteroatoms. The van der Waals surface area contributed by atoms with Crippen molar-refractivity contribution in [1.82, 2.24) is 5.32 Å². The number of nitrogens with zero attached hydrogens (tertiary/aromatic N) is 1. The van der Waals surface area contributed by atoms with E-state index in [0.29, 0.717) is 12.1 Å². The first-order valence-electron chi connectivity index (χ1n) is 6.29. The highest BCUT2D eigenvalue weighted by molar-refractivity contribution is 5.77. The van der Waals surface area contributed by atoms with Crippen LogP contribution < -0.4 is 5.32 Å². The molecule has 0 amide bonds. The summed E-state index contributed by atoms with van der Waals surface area (Å²) < 4.78 is 2.37. The minimum absolute atomic E-state index is 0.157. The van der Waals surface area contributed by atoms with Gasteiger partial charge in [0.15, 0.2) is 5.70 Å². The van der Waals surface area contributed by atoms with Crippen molar-refractivity contribution in [1.29, 1.82) is 0 Å². The average molecular weight is 225 g/mol. The molecule has 4 aliphatic rings. The molecule has 0 radical (unpaired) electrons. The molecule has 3 heterocycles. The van der Waals surface area contributed by atoms with Gasteiger partial charge in [-0.2, -0.15) is 4.58 Å². The van der Waals surface area contributed by atoms with E-state index in [4.69, 9.17) is 0 Å². The zero-order valence-corrected chi connectivity index (χ0v) is 10.5. The van der Waals surface area contributed by atoms with E-state index in [-0.39, 0.29) is 5.41 Å². The third-order valence-corrected chi connectivity index (χ3v) is 4.39. The van der Waals surface area contributed by atoms with E-state index in [2.05, 4.69) is 61.2 Å². The van der Waals surface area contributed by atoms with Crippen molar-refractivity contribution >= 4 is 6.21 Å². The predicted octanol–water partition coefficient (Wildman–Crippen LogP) is 2.12. The van der Waals surface area contributed by atoms with Crippen molar-refractivity contribution in [3.63, 3.8) is 0 Å². The van der Waals surface area contributed by atoms with Crippen molar-refractivity contribution in [3.8, 4) is 0 Å². The third-order valence-electron chi connectivity index (χ3n) is 4.39. The van der Waals surface area contributed by atoms with Crippen molar-refractivity contribution in [3.05, 3.63) is 46.8 Å². The lowest BCUT2D eigenvalue weighted by Gasteiger charge is -2.33. The molecule has 0 aromatic heterocycles. The summed E-state index contributed by atoms with van der Waals surface area (Å²) in [5.74, 6) is 0. The molecule has 0 aromatic carbocycles. The Morgan fingerprint density at radius 1 is 1.35 bits per heavy atom. The first-order valence-corrected chi connectivity index (χ1v) is 6.29. The zero-order valence-electron chi connectivity index (χ0n) is 10.5. The molecule has 0 saturated carbocycles. The Morgan fingerprint density at radius 2 is 2.18 bits per heavy atom. The molecule has 0 aromatic rings. The molecule has 3 unspecified atom stereocenters. The van der Waals surface area contributed by atoms with Gasteiger partial charge in [-0.25, -0.2) is 0 Å². The average Bonchev–Trinajstić information content (AvgIpc) is 2.98. The van der Waals surface area contributed by atoms with Crippen LogP contribution in [0.25, 0.3) is 0 Å². The first-order chi connectivity index (χ1) is 8.08. The van der Waals surface area contributed by atoms with Gasteiger partial charge in [-0.1, -0.05) is 25.2 Å². The summed E-state index contributed by atoms with van der Waals surface area (Å²) in [6.07, 6.45) is 11.6. The maximum Gasteiger partial charge on any atom is 0.258 e. The summed E-state index contributed by atoms with van der Waals surface area (Å²) in [6, 6.07) is 0.981. The summed E-state index contributed by atoms with van der Waals surface area (Å²) in [5, 5.41) is 3.64. The van der Waals surface area contributed by atoms with Crippen LogP contribution in [-0.2, 0) is 0 Å². The normalized spacial score (nSPS) is 40.8. The number of allylic oxidation sites excluding steroid dienone is 5. The summed E-state index contributed by atoms with van der Waals surface area (Å²) in [7, 11) is 0. The third kappa shape index (κ3) is 1.08. The van der Waals surface area contributed by atoms with Gasteiger partial charge in [0.25, 0.3) is 6.04 Å². The molecule has 2 nitrogen and oxygen atoms in total. The van der Waals surface area contributed by atoms with Crippen LogP contribution >= 0.6 is 0 Å². The molecule has 1 aliphatic carbocycles. The first kappa shape index (κ1) is 9.46. The summed E-state index contributed by atoms with van der Waals surface area (Å²) >= 11 is 0. The lowest BCUT2D eigenvalue weighted by Crippen LogP contribution is -2.42. The zero-order chi connectivity index (χ0) is 11.8. The Balaban J connectivity index is 1.86. The molecule has 0 spiro atoms. The van der Waals surface area contributed by atoms with Crippen LogP contribution in [0.2, 0.25) is 0 Å². The Bertz CT molecular complexity index is 586. The fraction of sp³-hybridized carbons (Fsp3) is 0.400. The van der Waals surface area contributed by atoms with Crippen molar-refractivity contribution in [2.24, 2.45) is 5.41 Å². The number of hydrogen-bond acceptors (Lipinski definition) is 1. The molecule has 0 bridgehead atoms. The molecule has 0 fully saturated rings. The Labute approximate surface area is 102 Å². The van der Waals surface area contributed by atoms with Gasteiger partial charge in [-0.05, 0) is 12.5 Å². The smallest absolute Gasteiger partial charge is 0.258 e. The lowest BCUT2D eigenvalue weighted by molar-refractivity contribution is -0.409. The quantitative estimate of drug-likeness (QED) is 0.624. The molecular formula is C15H17N2+. The maximum absolute atomic E-state index is 3.64. The Morgan fingerprint density at radius 3 is 3.00 bits per heavy atom. The van der Waals surface area contributed by atoms with Crippen LogP contribution in [0.4, 0.5) is 0 Å². The predicted molar refractivity (Wildman–Crippen MR) is 68.8 cm³/mol. The van der Waals surface area contributed by atoms with E-state index >= 15 is 0 Å². The van der Waals surface area contributed by atoms with E-state index in [0.717, 1.165) is 0 Å². The second kappa shape index (κ2) is 2.63. The SMILES string of the molecule is CC1=CC2(C)C=CC3=C(C4C=[N+]4C(C)=C3)C2N1. The molecule has 4 rings (SSSR count). The molecule has 3 aliphatic heterocycles. The van der Waals surface area contributed by atoms with Crippen LogP contribution in [0.1, 0.15) is 20.8 Å². The second-order valence-electron chi connectivity index (χ2n) is 5.80. The molecule has 86 valence electrons. The summed E-state index contributed by atoms with van der Waals surface area (Å²) in [5.41, 5.74) is 5.78. The topological polar surface area (TPSA) is 15.0 Å². The van der Waals surface area contributed by atoms with Crippen LogP contribution in [0.3, 0.4) is 0 Å².